The highest BCUT2D eigenvalue weighted by atomic mass is 32.2. The summed E-state index contributed by atoms with van der Waals surface area (Å²) in [6.07, 6.45) is 0. The Bertz CT molecular complexity index is 617. The fourth-order valence-electron chi connectivity index (χ4n) is 1.67. The highest BCUT2D eigenvalue weighted by Crippen LogP contribution is 2.30. The number of thioether (sulfide) groups is 1. The van der Waals surface area contributed by atoms with Gasteiger partial charge in [-0.05, 0) is 19.1 Å². The predicted molar refractivity (Wildman–Crippen MR) is 73.9 cm³/mol. The molecule has 0 unspecified atom stereocenters. The first kappa shape index (κ1) is 13.4. The average molecular weight is 274 g/mol. The van der Waals surface area contributed by atoms with Gasteiger partial charge in [0.05, 0.1) is 24.0 Å². The molecule has 0 amide bonds. The van der Waals surface area contributed by atoms with E-state index in [1.807, 2.05) is 42.8 Å². The van der Waals surface area contributed by atoms with Crippen LogP contribution >= 0.6 is 11.8 Å². The first-order valence-corrected chi connectivity index (χ1v) is 6.64. The third-order valence-corrected chi connectivity index (χ3v) is 3.67. The Morgan fingerprint density at radius 2 is 2.11 bits per heavy atom. The molecular weight excluding hydrogens is 260 g/mol. The molecule has 0 aliphatic carbocycles. The van der Waals surface area contributed by atoms with Crippen LogP contribution in [0.2, 0.25) is 0 Å². The zero-order chi connectivity index (χ0) is 13.8. The molecule has 1 atom stereocenters. The number of ether oxygens (including phenoxy) is 1. The zero-order valence-electron chi connectivity index (χ0n) is 11.0. The van der Waals surface area contributed by atoms with E-state index in [0.717, 1.165) is 22.3 Å². The third-order valence-electron chi connectivity index (χ3n) is 2.65. The summed E-state index contributed by atoms with van der Waals surface area (Å²) in [4.78, 5) is 0. The Kier molecular flexibility index (Phi) is 4.07. The summed E-state index contributed by atoms with van der Waals surface area (Å²) < 4.78 is 7.20. The summed E-state index contributed by atoms with van der Waals surface area (Å²) in [5, 5.41) is 17.7. The number of benzene rings is 1. The highest BCUT2D eigenvalue weighted by Gasteiger charge is 2.16. The Morgan fingerprint density at radius 3 is 2.79 bits per heavy atom. The maximum Gasteiger partial charge on any atom is 0.192 e. The van der Waals surface area contributed by atoms with Crippen molar-refractivity contribution in [1.82, 2.24) is 14.8 Å². The van der Waals surface area contributed by atoms with Crippen molar-refractivity contribution in [2.75, 3.05) is 7.11 Å². The summed E-state index contributed by atoms with van der Waals surface area (Å²) in [5.41, 5.74) is 0.886. The zero-order valence-corrected chi connectivity index (χ0v) is 11.8. The van der Waals surface area contributed by atoms with E-state index in [-0.39, 0.29) is 5.25 Å². The molecule has 6 heteroatoms. The largest absolute Gasteiger partial charge is 0.496 e. The van der Waals surface area contributed by atoms with Crippen LogP contribution in [-0.2, 0) is 7.05 Å². The topological polar surface area (TPSA) is 63.7 Å². The van der Waals surface area contributed by atoms with Crippen molar-refractivity contribution in [3.05, 3.63) is 24.3 Å². The summed E-state index contributed by atoms with van der Waals surface area (Å²) in [6.45, 7) is 1.84. The Balaban J connectivity index is 2.39. The molecule has 0 saturated heterocycles. The molecule has 1 aromatic heterocycles. The summed E-state index contributed by atoms with van der Waals surface area (Å²) in [5.74, 6) is 1.48. The van der Waals surface area contributed by atoms with E-state index < -0.39 is 0 Å². The van der Waals surface area contributed by atoms with Crippen LogP contribution in [0, 0.1) is 11.3 Å². The molecule has 0 radical (unpaired) electrons. The van der Waals surface area contributed by atoms with Crippen LogP contribution in [0.15, 0.2) is 29.4 Å². The van der Waals surface area contributed by atoms with Crippen molar-refractivity contribution in [1.29, 1.82) is 5.26 Å². The van der Waals surface area contributed by atoms with E-state index in [4.69, 9.17) is 10.00 Å². The predicted octanol–water partition coefficient (Wildman–Crippen LogP) is 2.49. The molecule has 2 rings (SSSR count). The van der Waals surface area contributed by atoms with Crippen LogP contribution in [0.3, 0.4) is 0 Å². The normalized spacial score (nSPS) is 11.9. The van der Waals surface area contributed by atoms with Gasteiger partial charge in [-0.25, -0.2) is 0 Å². The van der Waals surface area contributed by atoms with Crippen LogP contribution in [-0.4, -0.2) is 27.1 Å². The lowest BCUT2D eigenvalue weighted by Crippen LogP contribution is -1.99. The average Bonchev–Trinajstić information content (AvgIpc) is 2.80. The molecule has 0 N–H and O–H groups in total. The molecule has 1 heterocycles. The number of aromatic nitrogens is 3. The fourth-order valence-corrected chi connectivity index (χ4v) is 2.37. The molecule has 0 bridgehead atoms. The van der Waals surface area contributed by atoms with Crippen LogP contribution in [0.5, 0.6) is 5.75 Å². The quantitative estimate of drug-likeness (QED) is 0.801. The minimum Gasteiger partial charge on any atom is -0.496 e. The molecule has 98 valence electrons. The second kappa shape index (κ2) is 5.76. The van der Waals surface area contributed by atoms with Gasteiger partial charge in [-0.2, -0.15) is 5.26 Å². The number of nitrogens with zero attached hydrogens (tertiary/aromatic N) is 4. The molecule has 1 aromatic carbocycles. The third kappa shape index (κ3) is 2.71. The number of para-hydroxylation sites is 1. The molecule has 19 heavy (non-hydrogen) atoms. The lowest BCUT2D eigenvalue weighted by atomic mass is 10.2. The van der Waals surface area contributed by atoms with E-state index in [1.165, 1.54) is 11.8 Å². The number of rotatable bonds is 4. The Labute approximate surface area is 116 Å². The molecule has 2 aromatic rings. The van der Waals surface area contributed by atoms with Crippen molar-refractivity contribution in [3.8, 4) is 23.2 Å². The molecule has 0 spiro atoms. The van der Waals surface area contributed by atoms with Crippen molar-refractivity contribution in [2.24, 2.45) is 7.05 Å². The smallest absolute Gasteiger partial charge is 0.192 e. The number of hydrogen-bond acceptors (Lipinski definition) is 5. The van der Waals surface area contributed by atoms with Gasteiger partial charge in [0.25, 0.3) is 0 Å². The van der Waals surface area contributed by atoms with E-state index >= 15 is 0 Å². The van der Waals surface area contributed by atoms with Gasteiger partial charge in [-0.3, -0.25) is 0 Å². The SMILES string of the molecule is COc1ccccc1-c1nnc(S[C@@H](C)C#N)n1C. The number of nitriles is 1. The number of hydrogen-bond donors (Lipinski definition) is 0. The lowest BCUT2D eigenvalue weighted by Gasteiger charge is -2.08. The van der Waals surface area contributed by atoms with Crippen molar-refractivity contribution >= 4 is 11.8 Å². The van der Waals surface area contributed by atoms with Gasteiger partial charge < -0.3 is 9.30 Å². The highest BCUT2D eigenvalue weighted by molar-refractivity contribution is 8.00. The number of methoxy groups -OCH3 is 1. The van der Waals surface area contributed by atoms with Crippen LogP contribution in [0.25, 0.3) is 11.4 Å². The van der Waals surface area contributed by atoms with Crippen molar-refractivity contribution in [2.45, 2.75) is 17.3 Å². The van der Waals surface area contributed by atoms with Crippen LogP contribution < -0.4 is 4.74 Å². The maximum absolute atomic E-state index is 8.84. The molecule has 0 aliphatic rings. The van der Waals surface area contributed by atoms with Gasteiger partial charge in [-0.15, -0.1) is 10.2 Å². The molecule has 0 saturated carbocycles. The van der Waals surface area contributed by atoms with Crippen LogP contribution in [0.1, 0.15) is 6.92 Å². The Morgan fingerprint density at radius 1 is 1.37 bits per heavy atom. The van der Waals surface area contributed by atoms with Gasteiger partial charge in [0, 0.05) is 7.05 Å². The van der Waals surface area contributed by atoms with Gasteiger partial charge in [0.15, 0.2) is 11.0 Å². The van der Waals surface area contributed by atoms with Crippen LogP contribution in [0.4, 0.5) is 0 Å². The summed E-state index contributed by atoms with van der Waals surface area (Å²) >= 11 is 1.39. The van der Waals surface area contributed by atoms with Gasteiger partial charge in [0.1, 0.15) is 5.75 Å². The molecular formula is C13H14N4OS. The maximum atomic E-state index is 8.84. The van der Waals surface area contributed by atoms with Gasteiger partial charge in [-0.1, -0.05) is 23.9 Å². The van der Waals surface area contributed by atoms with Crippen molar-refractivity contribution in [3.63, 3.8) is 0 Å². The minimum atomic E-state index is -0.159. The first-order valence-electron chi connectivity index (χ1n) is 5.76. The second-order valence-corrected chi connectivity index (χ2v) is 5.26. The lowest BCUT2D eigenvalue weighted by molar-refractivity contribution is 0.416. The fraction of sp³-hybridized carbons (Fsp3) is 0.308. The molecule has 0 aliphatic heterocycles. The standard InChI is InChI=1S/C13H14N4OS/c1-9(8-14)19-13-16-15-12(17(13)2)10-6-4-5-7-11(10)18-3/h4-7,9H,1-3H3/t9-/m0/s1. The summed E-state index contributed by atoms with van der Waals surface area (Å²) in [6, 6.07) is 9.83. The first-order chi connectivity index (χ1) is 9.17. The van der Waals surface area contributed by atoms with Gasteiger partial charge >= 0.3 is 0 Å². The molecule has 0 fully saturated rings. The second-order valence-electron chi connectivity index (χ2n) is 3.95. The van der Waals surface area contributed by atoms with E-state index in [1.54, 1.807) is 7.11 Å². The van der Waals surface area contributed by atoms with E-state index in [9.17, 15) is 0 Å². The van der Waals surface area contributed by atoms with E-state index in [0.29, 0.717) is 0 Å². The minimum absolute atomic E-state index is 0.159. The summed E-state index contributed by atoms with van der Waals surface area (Å²) in [7, 11) is 3.51. The monoisotopic (exact) mass is 274 g/mol. The van der Waals surface area contributed by atoms with Gasteiger partial charge in [0.2, 0.25) is 0 Å². The molecule has 5 nitrogen and oxygen atoms in total. The Hall–Kier alpha value is -2.00. The van der Waals surface area contributed by atoms with E-state index in [2.05, 4.69) is 16.3 Å². The van der Waals surface area contributed by atoms with Crippen molar-refractivity contribution < 1.29 is 4.74 Å².